The van der Waals surface area contributed by atoms with Crippen LogP contribution in [0.3, 0.4) is 0 Å². The topological polar surface area (TPSA) is 38.1 Å². The highest BCUT2D eigenvalue weighted by molar-refractivity contribution is 5.63. The molecule has 1 aromatic carbocycles. The molecule has 20 heavy (non-hydrogen) atoms. The van der Waals surface area contributed by atoms with Crippen LogP contribution in [0.25, 0.3) is 11.3 Å². The summed E-state index contributed by atoms with van der Waals surface area (Å²) in [5.74, 6) is 2.48. The number of benzene rings is 1. The van der Waals surface area contributed by atoms with Gasteiger partial charge in [0.1, 0.15) is 0 Å². The summed E-state index contributed by atoms with van der Waals surface area (Å²) in [7, 11) is 0. The maximum absolute atomic E-state index is 5.36. The van der Waals surface area contributed by atoms with E-state index in [1.807, 2.05) is 0 Å². The van der Waals surface area contributed by atoms with Gasteiger partial charge in [-0.25, -0.2) is 4.98 Å². The van der Waals surface area contributed by atoms with Crippen LogP contribution in [-0.2, 0) is 0 Å². The van der Waals surface area contributed by atoms with E-state index in [1.54, 1.807) is 6.20 Å². The Morgan fingerprint density at radius 3 is 2.85 bits per heavy atom. The lowest BCUT2D eigenvalue weighted by atomic mass is 9.79. The molecule has 106 valence electrons. The van der Waals surface area contributed by atoms with Gasteiger partial charge in [0.05, 0.1) is 6.20 Å². The number of anilines is 1. The van der Waals surface area contributed by atoms with Gasteiger partial charge in [-0.15, -0.1) is 0 Å². The molecule has 1 fully saturated rings. The predicted molar refractivity (Wildman–Crippen MR) is 81.5 cm³/mol. The summed E-state index contributed by atoms with van der Waals surface area (Å²) < 4.78 is 5.36. The van der Waals surface area contributed by atoms with Gasteiger partial charge >= 0.3 is 0 Å². The Morgan fingerprint density at radius 2 is 2.10 bits per heavy atom. The molecule has 0 radical (unpaired) electrons. The summed E-state index contributed by atoms with van der Waals surface area (Å²) in [5.41, 5.74) is 2.25. The van der Waals surface area contributed by atoms with Gasteiger partial charge in [0.25, 0.3) is 0 Å². The number of nitrogens with one attached hydrogen (secondary N) is 1. The molecule has 1 saturated carbocycles. The van der Waals surface area contributed by atoms with Gasteiger partial charge in [0, 0.05) is 17.3 Å². The second kappa shape index (κ2) is 5.70. The van der Waals surface area contributed by atoms with Crippen molar-refractivity contribution in [3.63, 3.8) is 0 Å². The van der Waals surface area contributed by atoms with E-state index >= 15 is 0 Å². The Bertz CT molecular complexity index is 550. The maximum Gasteiger partial charge on any atom is 0.181 e. The average Bonchev–Trinajstić information content (AvgIpc) is 2.97. The van der Waals surface area contributed by atoms with E-state index in [0.717, 1.165) is 23.2 Å². The van der Waals surface area contributed by atoms with Crippen LogP contribution in [0.5, 0.6) is 0 Å². The van der Waals surface area contributed by atoms with Gasteiger partial charge in [-0.3, -0.25) is 0 Å². The van der Waals surface area contributed by atoms with E-state index in [1.165, 1.54) is 31.3 Å². The first-order chi connectivity index (χ1) is 9.72. The summed E-state index contributed by atoms with van der Waals surface area (Å²) in [5, 5.41) is 3.67. The lowest BCUT2D eigenvalue weighted by Crippen LogP contribution is -2.30. The van der Waals surface area contributed by atoms with Crippen molar-refractivity contribution in [3.8, 4) is 11.3 Å². The molecule has 1 aliphatic carbocycles. The molecule has 3 atom stereocenters. The molecule has 3 heteroatoms. The molecule has 3 rings (SSSR count). The van der Waals surface area contributed by atoms with Crippen molar-refractivity contribution < 1.29 is 4.42 Å². The number of hydrogen-bond donors (Lipinski definition) is 1. The fourth-order valence-electron chi connectivity index (χ4n) is 3.03. The molecule has 1 heterocycles. The molecule has 0 bridgehead atoms. The molecule has 0 amide bonds. The number of oxazole rings is 1. The van der Waals surface area contributed by atoms with Gasteiger partial charge in [0.15, 0.2) is 12.2 Å². The first kappa shape index (κ1) is 13.2. The fraction of sp³-hybridized carbons (Fsp3) is 0.471. The van der Waals surface area contributed by atoms with E-state index < -0.39 is 0 Å². The Hall–Kier alpha value is -1.77. The maximum atomic E-state index is 5.36. The zero-order valence-corrected chi connectivity index (χ0v) is 12.2. The van der Waals surface area contributed by atoms with Gasteiger partial charge in [-0.2, -0.15) is 0 Å². The lowest BCUT2D eigenvalue weighted by molar-refractivity contribution is 0.261. The monoisotopic (exact) mass is 270 g/mol. The molecule has 0 aliphatic heterocycles. The molecular formula is C17H22N2O. The van der Waals surface area contributed by atoms with Crippen LogP contribution in [0, 0.1) is 11.8 Å². The third-order valence-corrected chi connectivity index (χ3v) is 4.55. The first-order valence-corrected chi connectivity index (χ1v) is 7.48. The van der Waals surface area contributed by atoms with Crippen LogP contribution in [0.15, 0.2) is 41.3 Å². The van der Waals surface area contributed by atoms with E-state index in [0.29, 0.717) is 6.04 Å². The van der Waals surface area contributed by atoms with Gasteiger partial charge in [-0.05, 0) is 43.2 Å². The Kier molecular flexibility index (Phi) is 3.77. The summed E-state index contributed by atoms with van der Waals surface area (Å²) in [6.45, 7) is 4.73. The normalized spacial score (nSPS) is 26.4. The molecule has 1 N–H and O–H groups in total. The number of nitrogens with zero attached hydrogens (tertiary/aromatic N) is 1. The SMILES string of the molecule is CC1CCC(Nc2cccc(-c3cnco3)c2)CC1C. The average molecular weight is 270 g/mol. The zero-order valence-electron chi connectivity index (χ0n) is 12.2. The van der Waals surface area contributed by atoms with Crippen molar-refractivity contribution in [2.75, 3.05) is 5.32 Å². The summed E-state index contributed by atoms with van der Waals surface area (Å²) in [6.07, 6.45) is 7.06. The number of aromatic nitrogens is 1. The smallest absolute Gasteiger partial charge is 0.181 e. The highest BCUT2D eigenvalue weighted by Crippen LogP contribution is 2.31. The number of hydrogen-bond acceptors (Lipinski definition) is 3. The molecule has 1 aliphatic rings. The van der Waals surface area contributed by atoms with Crippen molar-refractivity contribution in [1.82, 2.24) is 4.98 Å². The Morgan fingerprint density at radius 1 is 1.20 bits per heavy atom. The van der Waals surface area contributed by atoms with Crippen molar-refractivity contribution >= 4 is 5.69 Å². The predicted octanol–water partition coefficient (Wildman–Crippen LogP) is 4.58. The Labute approximate surface area is 120 Å². The van der Waals surface area contributed by atoms with Crippen LogP contribution >= 0.6 is 0 Å². The molecule has 3 nitrogen and oxygen atoms in total. The van der Waals surface area contributed by atoms with Crippen molar-refractivity contribution in [2.24, 2.45) is 11.8 Å². The third-order valence-electron chi connectivity index (χ3n) is 4.55. The van der Waals surface area contributed by atoms with Crippen molar-refractivity contribution in [3.05, 3.63) is 36.9 Å². The Balaban J connectivity index is 1.70. The summed E-state index contributed by atoms with van der Waals surface area (Å²) in [6, 6.07) is 8.98. The minimum atomic E-state index is 0.589. The number of rotatable bonds is 3. The second-order valence-electron chi connectivity index (χ2n) is 6.06. The first-order valence-electron chi connectivity index (χ1n) is 7.48. The third kappa shape index (κ3) is 2.87. The van der Waals surface area contributed by atoms with Gasteiger partial charge < -0.3 is 9.73 Å². The minimum absolute atomic E-state index is 0.589. The fourth-order valence-corrected chi connectivity index (χ4v) is 3.03. The van der Waals surface area contributed by atoms with E-state index in [2.05, 4.69) is 48.4 Å². The highest BCUT2D eigenvalue weighted by Gasteiger charge is 2.24. The molecule has 1 aromatic heterocycles. The quantitative estimate of drug-likeness (QED) is 0.887. The van der Waals surface area contributed by atoms with E-state index in [-0.39, 0.29) is 0 Å². The standard InChI is InChI=1S/C17H22N2O/c1-12-6-7-16(8-13(12)2)19-15-5-3-4-14(9-15)17-10-18-11-20-17/h3-5,9-13,16,19H,6-8H2,1-2H3. The van der Waals surface area contributed by atoms with Crippen molar-refractivity contribution in [1.29, 1.82) is 0 Å². The molecule has 2 aromatic rings. The summed E-state index contributed by atoms with van der Waals surface area (Å²) >= 11 is 0. The molecule has 0 saturated heterocycles. The van der Waals surface area contributed by atoms with E-state index in [9.17, 15) is 0 Å². The van der Waals surface area contributed by atoms with Crippen LogP contribution in [-0.4, -0.2) is 11.0 Å². The largest absolute Gasteiger partial charge is 0.444 e. The zero-order chi connectivity index (χ0) is 13.9. The van der Waals surface area contributed by atoms with Crippen molar-refractivity contribution in [2.45, 2.75) is 39.2 Å². The summed E-state index contributed by atoms with van der Waals surface area (Å²) in [4.78, 5) is 3.98. The van der Waals surface area contributed by atoms with E-state index in [4.69, 9.17) is 4.42 Å². The van der Waals surface area contributed by atoms with Crippen LogP contribution < -0.4 is 5.32 Å². The van der Waals surface area contributed by atoms with Gasteiger partial charge in [-0.1, -0.05) is 26.0 Å². The molecule has 3 unspecified atom stereocenters. The molecular weight excluding hydrogens is 248 g/mol. The van der Waals surface area contributed by atoms with Gasteiger partial charge in [0.2, 0.25) is 0 Å². The van der Waals surface area contributed by atoms with Crippen LogP contribution in [0.4, 0.5) is 5.69 Å². The van der Waals surface area contributed by atoms with Crippen LogP contribution in [0.1, 0.15) is 33.1 Å². The molecule has 0 spiro atoms. The lowest BCUT2D eigenvalue weighted by Gasteiger charge is -2.33. The van der Waals surface area contributed by atoms with Crippen LogP contribution in [0.2, 0.25) is 0 Å². The second-order valence-corrected chi connectivity index (χ2v) is 6.06. The minimum Gasteiger partial charge on any atom is -0.444 e. The highest BCUT2D eigenvalue weighted by atomic mass is 16.3.